The number of carbonyl (C=O) groups excluding carboxylic acids is 1. The highest BCUT2D eigenvalue weighted by Crippen LogP contribution is 2.40. The Bertz CT molecular complexity index is 814. The minimum Gasteiger partial charge on any atom is -0.304 e. The number of amides is 1. The Balaban J connectivity index is -0.000000451. The first-order valence-electron chi connectivity index (χ1n) is 15.3. The van der Waals surface area contributed by atoms with Crippen LogP contribution in [-0.2, 0) is 4.79 Å². The van der Waals surface area contributed by atoms with Gasteiger partial charge >= 0.3 is 0 Å². The Hall–Kier alpha value is -2.26. The van der Waals surface area contributed by atoms with Crippen molar-refractivity contribution in [3.05, 3.63) is 90.0 Å². The second-order valence-corrected chi connectivity index (χ2v) is 7.27. The highest BCUT2D eigenvalue weighted by atomic mass is 32.1. The van der Waals surface area contributed by atoms with Crippen LogP contribution >= 0.6 is 12.6 Å². The summed E-state index contributed by atoms with van der Waals surface area (Å²) in [6.45, 7) is 26.3. The van der Waals surface area contributed by atoms with Gasteiger partial charge in [0.05, 0.1) is 12.0 Å². The quantitative estimate of drug-likeness (QED) is 0.204. The van der Waals surface area contributed by atoms with Crippen molar-refractivity contribution in [1.82, 2.24) is 0 Å². The van der Waals surface area contributed by atoms with E-state index in [2.05, 4.69) is 75.0 Å². The summed E-state index contributed by atoms with van der Waals surface area (Å²) in [6, 6.07) is 20.7. The topological polar surface area (TPSA) is 20.3 Å². The lowest BCUT2D eigenvalue weighted by Gasteiger charge is -2.48. The lowest BCUT2D eigenvalue weighted by atomic mass is 9.77. The number of hydrogen-bond acceptors (Lipinski definition) is 2. The predicted molar refractivity (Wildman–Crippen MR) is 186 cm³/mol. The smallest absolute Gasteiger partial charge is 0.233 e. The van der Waals surface area contributed by atoms with Gasteiger partial charge in [-0.1, -0.05) is 143 Å². The molecule has 3 unspecified atom stereocenters. The molecule has 1 fully saturated rings. The first-order valence-corrected chi connectivity index (χ1v) is 16.2. The molecule has 1 heterocycles. The van der Waals surface area contributed by atoms with Gasteiger partial charge in [-0.15, -0.1) is 0 Å². The standard InChI is InChI=1S/C25H29NO.5C2H6.CH4S/c1-4-12-20(5-2)24-23(18-17-19(3)21-13-8-6-9-14-21)25(27)26(24)22-15-10-7-11-16-22;6*1-2/h4-16,19,23-24H,17-18H2,1-3H3;5*1-2H3;2H,1H3/b12-4-,20-5+;;;;;;. The number of benzene rings is 2. The van der Waals surface area contributed by atoms with Crippen molar-refractivity contribution in [2.45, 2.75) is 115 Å². The number of para-hydroxylation sites is 1. The van der Waals surface area contributed by atoms with Gasteiger partial charge < -0.3 is 4.90 Å². The van der Waals surface area contributed by atoms with Crippen LogP contribution in [0.4, 0.5) is 5.69 Å². The molecule has 1 saturated heterocycles. The molecule has 0 N–H and O–H groups in total. The van der Waals surface area contributed by atoms with Crippen LogP contribution in [0.2, 0.25) is 0 Å². The molecule has 0 radical (unpaired) electrons. The molecule has 1 aliphatic rings. The number of β-lactam (4-membered cyclic amide) rings is 1. The van der Waals surface area contributed by atoms with E-state index in [1.807, 2.05) is 111 Å². The number of anilines is 1. The van der Waals surface area contributed by atoms with Gasteiger partial charge in [0.1, 0.15) is 0 Å². The summed E-state index contributed by atoms with van der Waals surface area (Å²) in [5, 5.41) is 0. The third kappa shape index (κ3) is 15.2. The van der Waals surface area contributed by atoms with Crippen LogP contribution in [0.5, 0.6) is 0 Å². The van der Waals surface area contributed by atoms with E-state index in [4.69, 9.17) is 0 Å². The van der Waals surface area contributed by atoms with Crippen molar-refractivity contribution >= 4 is 24.2 Å². The first-order chi connectivity index (χ1) is 19.2. The maximum absolute atomic E-state index is 13.0. The first kappa shape index (κ1) is 43.8. The second kappa shape index (κ2) is 32.0. The Morgan fingerprint density at radius 2 is 1.23 bits per heavy atom. The van der Waals surface area contributed by atoms with Crippen LogP contribution in [0.1, 0.15) is 114 Å². The maximum Gasteiger partial charge on any atom is 0.233 e. The third-order valence-electron chi connectivity index (χ3n) is 5.56. The van der Waals surface area contributed by atoms with Gasteiger partial charge in [0.15, 0.2) is 0 Å². The second-order valence-electron chi connectivity index (χ2n) is 7.27. The molecule has 224 valence electrons. The monoisotopic (exact) mass is 557 g/mol. The molecule has 2 nitrogen and oxygen atoms in total. The van der Waals surface area contributed by atoms with E-state index >= 15 is 0 Å². The lowest BCUT2D eigenvalue weighted by Crippen LogP contribution is -2.62. The zero-order valence-electron chi connectivity index (χ0n) is 28.0. The molecule has 2 aromatic carbocycles. The SMILES string of the molecule is C/C=C\C(=C/C)C1C(CCC(C)c2ccccc2)C(=O)N1c1ccccc1.CC.CC.CC.CC.CC.CS. The van der Waals surface area contributed by atoms with Crippen LogP contribution in [0.3, 0.4) is 0 Å². The molecule has 0 aliphatic carbocycles. The van der Waals surface area contributed by atoms with E-state index < -0.39 is 0 Å². The third-order valence-corrected chi connectivity index (χ3v) is 5.56. The van der Waals surface area contributed by atoms with Crippen LogP contribution < -0.4 is 4.90 Å². The Kier molecular flexibility index (Phi) is 35.9. The normalized spacial score (nSPS) is 15.7. The summed E-state index contributed by atoms with van der Waals surface area (Å²) in [5.74, 6) is 0.760. The fourth-order valence-corrected chi connectivity index (χ4v) is 4.02. The average Bonchev–Trinajstić information content (AvgIpc) is 3.05. The van der Waals surface area contributed by atoms with Crippen molar-refractivity contribution in [3.8, 4) is 0 Å². The molecule has 39 heavy (non-hydrogen) atoms. The highest BCUT2D eigenvalue weighted by Gasteiger charge is 2.48. The summed E-state index contributed by atoms with van der Waals surface area (Å²) in [6.07, 6.45) is 9.97. The van der Waals surface area contributed by atoms with Gasteiger partial charge in [-0.2, -0.15) is 12.6 Å². The van der Waals surface area contributed by atoms with Crippen LogP contribution in [-0.4, -0.2) is 18.2 Å². The summed E-state index contributed by atoms with van der Waals surface area (Å²) < 4.78 is 0. The summed E-state index contributed by atoms with van der Waals surface area (Å²) in [7, 11) is 0. The molecular formula is C36H63NOS. The van der Waals surface area contributed by atoms with Crippen LogP contribution in [0.25, 0.3) is 0 Å². The largest absolute Gasteiger partial charge is 0.304 e. The van der Waals surface area contributed by atoms with E-state index in [0.29, 0.717) is 5.92 Å². The van der Waals surface area contributed by atoms with Crippen molar-refractivity contribution in [2.75, 3.05) is 11.2 Å². The van der Waals surface area contributed by atoms with Crippen molar-refractivity contribution in [3.63, 3.8) is 0 Å². The zero-order chi connectivity index (χ0) is 31.2. The number of hydrogen-bond donors (Lipinski definition) is 1. The van der Waals surface area contributed by atoms with Crippen LogP contribution in [0, 0.1) is 5.92 Å². The van der Waals surface area contributed by atoms with Crippen LogP contribution in [0.15, 0.2) is 84.5 Å². The molecule has 3 heteroatoms. The molecule has 3 rings (SSSR count). The van der Waals surface area contributed by atoms with Crippen molar-refractivity contribution < 1.29 is 4.79 Å². The van der Waals surface area contributed by atoms with Crippen molar-refractivity contribution in [1.29, 1.82) is 0 Å². The number of carbonyl (C=O) groups is 1. The van der Waals surface area contributed by atoms with Gasteiger partial charge in [-0.3, -0.25) is 4.79 Å². The molecule has 0 aromatic heterocycles. The molecule has 3 atom stereocenters. The molecule has 0 spiro atoms. The van der Waals surface area contributed by atoms with Gasteiger partial charge in [-0.25, -0.2) is 0 Å². The fourth-order valence-electron chi connectivity index (χ4n) is 4.02. The minimum absolute atomic E-state index is 0.0544. The molecule has 0 saturated carbocycles. The Labute approximate surface area is 250 Å². The van der Waals surface area contributed by atoms with E-state index in [0.717, 1.165) is 18.5 Å². The minimum atomic E-state index is 0.0544. The lowest BCUT2D eigenvalue weighted by molar-refractivity contribution is -0.129. The summed E-state index contributed by atoms with van der Waals surface area (Å²) in [4.78, 5) is 15.0. The van der Waals surface area contributed by atoms with E-state index in [-0.39, 0.29) is 17.9 Å². The van der Waals surface area contributed by atoms with Gasteiger partial charge in [-0.05, 0) is 62.1 Å². The van der Waals surface area contributed by atoms with E-state index in [1.54, 1.807) is 6.26 Å². The van der Waals surface area contributed by atoms with E-state index in [1.165, 1.54) is 11.1 Å². The number of nitrogens with zero attached hydrogens (tertiary/aromatic N) is 1. The molecule has 1 aliphatic heterocycles. The number of rotatable bonds is 7. The van der Waals surface area contributed by atoms with Gasteiger partial charge in [0, 0.05) is 5.69 Å². The molecular weight excluding hydrogens is 494 g/mol. The molecule has 2 aromatic rings. The zero-order valence-corrected chi connectivity index (χ0v) is 28.8. The van der Waals surface area contributed by atoms with Crippen molar-refractivity contribution in [2.24, 2.45) is 5.92 Å². The number of allylic oxidation sites excluding steroid dienone is 2. The summed E-state index contributed by atoms with van der Waals surface area (Å²) >= 11 is 3.53. The van der Waals surface area contributed by atoms with Gasteiger partial charge in [0.25, 0.3) is 0 Å². The molecule has 1 amide bonds. The van der Waals surface area contributed by atoms with Gasteiger partial charge in [0.2, 0.25) is 5.91 Å². The number of thiol groups is 1. The predicted octanol–water partition coefficient (Wildman–Crippen LogP) is 11.8. The average molecular weight is 558 g/mol. The Morgan fingerprint density at radius 3 is 1.64 bits per heavy atom. The fraction of sp³-hybridized carbons (Fsp3) is 0.528. The summed E-state index contributed by atoms with van der Waals surface area (Å²) in [5.41, 5.74) is 3.56. The maximum atomic E-state index is 13.0. The van der Waals surface area contributed by atoms with E-state index in [9.17, 15) is 4.79 Å². The highest BCUT2D eigenvalue weighted by molar-refractivity contribution is 7.79. The molecule has 0 bridgehead atoms. The Morgan fingerprint density at radius 1 is 0.795 bits per heavy atom.